The lowest BCUT2D eigenvalue weighted by molar-refractivity contribution is 0.906. The molecule has 0 spiro atoms. The molecule has 0 bridgehead atoms. The molecule has 1 aromatic rings. The minimum atomic E-state index is 0.483. The fourth-order valence-electron chi connectivity index (χ4n) is 0.656. The molecule has 58 valence electrons. The second-order valence-electron chi connectivity index (χ2n) is 2.71. The van der Waals surface area contributed by atoms with Crippen LogP contribution in [-0.4, -0.2) is 11.2 Å². The summed E-state index contributed by atoms with van der Waals surface area (Å²) >= 11 is 0. The van der Waals surface area contributed by atoms with Crippen LogP contribution in [0.15, 0.2) is 29.4 Å². The largest absolute Gasteiger partial charge is 0.241 e. The van der Waals surface area contributed by atoms with Crippen molar-refractivity contribution in [3.05, 3.63) is 24.4 Å². The molecule has 0 aliphatic heterocycles. The lowest BCUT2D eigenvalue weighted by Gasteiger charge is -1.92. The third-order valence-corrected chi connectivity index (χ3v) is 1.15. The summed E-state index contributed by atoms with van der Waals surface area (Å²) in [4.78, 5) is 8.22. The Morgan fingerprint density at radius 2 is 2.27 bits per heavy atom. The van der Waals surface area contributed by atoms with Crippen molar-refractivity contribution in [3.8, 4) is 0 Å². The van der Waals surface area contributed by atoms with Crippen molar-refractivity contribution < 1.29 is 0 Å². The highest BCUT2D eigenvalue weighted by Gasteiger charge is 1.86. The molecule has 0 fully saturated rings. The summed E-state index contributed by atoms with van der Waals surface area (Å²) in [5.74, 6) is 1.26. The van der Waals surface area contributed by atoms with E-state index in [4.69, 9.17) is 0 Å². The predicted octanol–water partition coefficient (Wildman–Crippen LogP) is 2.44. The fourth-order valence-corrected chi connectivity index (χ4v) is 0.656. The zero-order valence-electron chi connectivity index (χ0n) is 6.86. The van der Waals surface area contributed by atoms with Gasteiger partial charge in [-0.3, -0.25) is 0 Å². The number of pyridine rings is 1. The average Bonchev–Trinajstić information content (AvgIpc) is 2.03. The normalized spacial score (nSPS) is 11.2. The van der Waals surface area contributed by atoms with Gasteiger partial charge in [-0.05, 0) is 18.1 Å². The quantitative estimate of drug-likeness (QED) is 0.591. The first-order valence-corrected chi connectivity index (χ1v) is 3.74. The maximum Gasteiger partial charge on any atom is 0.151 e. The van der Waals surface area contributed by atoms with Gasteiger partial charge in [0, 0.05) is 12.4 Å². The molecule has 2 heteroatoms. The molecule has 1 rings (SSSR count). The van der Waals surface area contributed by atoms with Crippen LogP contribution in [0.2, 0.25) is 0 Å². The molecule has 2 nitrogen and oxygen atoms in total. The van der Waals surface area contributed by atoms with Crippen LogP contribution in [0.1, 0.15) is 13.8 Å². The minimum absolute atomic E-state index is 0.483. The molecular formula is C9H12N2. The number of hydrogen-bond acceptors (Lipinski definition) is 2. The Morgan fingerprint density at radius 1 is 1.45 bits per heavy atom. The van der Waals surface area contributed by atoms with E-state index in [1.54, 1.807) is 6.20 Å². The molecule has 0 amide bonds. The van der Waals surface area contributed by atoms with Gasteiger partial charge in [0.05, 0.1) is 0 Å². The van der Waals surface area contributed by atoms with E-state index in [1.807, 2.05) is 24.4 Å². The number of rotatable bonds is 2. The van der Waals surface area contributed by atoms with Crippen molar-refractivity contribution in [2.45, 2.75) is 13.8 Å². The van der Waals surface area contributed by atoms with E-state index in [-0.39, 0.29) is 0 Å². The van der Waals surface area contributed by atoms with E-state index < -0.39 is 0 Å². The summed E-state index contributed by atoms with van der Waals surface area (Å²) in [6, 6.07) is 5.70. The van der Waals surface area contributed by atoms with Crippen LogP contribution in [0.5, 0.6) is 0 Å². The van der Waals surface area contributed by atoms with Gasteiger partial charge in [-0.1, -0.05) is 19.9 Å². The van der Waals surface area contributed by atoms with Gasteiger partial charge >= 0.3 is 0 Å². The Bertz CT molecular complexity index is 227. The molecule has 0 aromatic carbocycles. The summed E-state index contributed by atoms with van der Waals surface area (Å²) in [6.07, 6.45) is 3.63. The van der Waals surface area contributed by atoms with Crippen LogP contribution in [0, 0.1) is 5.92 Å². The molecule has 0 aliphatic carbocycles. The summed E-state index contributed by atoms with van der Waals surface area (Å²) in [6.45, 7) is 4.18. The van der Waals surface area contributed by atoms with Gasteiger partial charge in [-0.15, -0.1) is 0 Å². The molecular weight excluding hydrogens is 136 g/mol. The van der Waals surface area contributed by atoms with Crippen LogP contribution in [0.25, 0.3) is 0 Å². The van der Waals surface area contributed by atoms with Crippen LogP contribution in [-0.2, 0) is 0 Å². The molecule has 0 atom stereocenters. The van der Waals surface area contributed by atoms with Crippen molar-refractivity contribution in [1.82, 2.24) is 4.98 Å². The zero-order chi connectivity index (χ0) is 8.10. The summed E-state index contributed by atoms with van der Waals surface area (Å²) < 4.78 is 0. The van der Waals surface area contributed by atoms with E-state index in [2.05, 4.69) is 23.8 Å². The summed E-state index contributed by atoms with van der Waals surface area (Å²) in [7, 11) is 0. The van der Waals surface area contributed by atoms with Gasteiger partial charge in [-0.25, -0.2) is 9.98 Å². The molecule has 0 saturated heterocycles. The zero-order valence-corrected chi connectivity index (χ0v) is 6.86. The highest BCUT2D eigenvalue weighted by Crippen LogP contribution is 2.04. The second kappa shape index (κ2) is 3.86. The number of hydrogen-bond donors (Lipinski definition) is 0. The SMILES string of the molecule is CC(C)C=Nc1ccccn1. The number of nitrogens with zero attached hydrogens (tertiary/aromatic N) is 2. The van der Waals surface area contributed by atoms with Gasteiger partial charge in [0.1, 0.15) is 0 Å². The van der Waals surface area contributed by atoms with Crippen molar-refractivity contribution in [2.24, 2.45) is 10.9 Å². The molecule has 0 radical (unpaired) electrons. The lowest BCUT2D eigenvalue weighted by atomic mass is 10.2. The van der Waals surface area contributed by atoms with E-state index >= 15 is 0 Å². The standard InChI is InChI=1S/C9H12N2/c1-8(2)7-11-9-5-3-4-6-10-9/h3-8H,1-2H3. The Hall–Kier alpha value is -1.18. The monoisotopic (exact) mass is 148 g/mol. The predicted molar refractivity (Wildman–Crippen MR) is 47.2 cm³/mol. The highest BCUT2D eigenvalue weighted by molar-refractivity contribution is 5.63. The Morgan fingerprint density at radius 3 is 2.82 bits per heavy atom. The number of aromatic nitrogens is 1. The van der Waals surface area contributed by atoms with Gasteiger partial charge in [0.15, 0.2) is 5.82 Å². The van der Waals surface area contributed by atoms with Gasteiger partial charge in [-0.2, -0.15) is 0 Å². The molecule has 1 aromatic heterocycles. The first kappa shape index (κ1) is 7.92. The Kier molecular flexibility index (Phi) is 2.78. The summed E-state index contributed by atoms with van der Waals surface area (Å²) in [5, 5.41) is 0. The first-order valence-electron chi connectivity index (χ1n) is 3.74. The van der Waals surface area contributed by atoms with Crippen LogP contribution in [0.3, 0.4) is 0 Å². The second-order valence-corrected chi connectivity index (χ2v) is 2.71. The topological polar surface area (TPSA) is 25.2 Å². The molecule has 0 unspecified atom stereocenters. The van der Waals surface area contributed by atoms with Crippen molar-refractivity contribution in [1.29, 1.82) is 0 Å². The maximum absolute atomic E-state index is 4.17. The Labute approximate surface area is 67.0 Å². The number of aliphatic imine (C=N–C) groups is 1. The van der Waals surface area contributed by atoms with Gasteiger partial charge < -0.3 is 0 Å². The van der Waals surface area contributed by atoms with E-state index in [0.717, 1.165) is 5.82 Å². The summed E-state index contributed by atoms with van der Waals surface area (Å²) in [5.41, 5.74) is 0. The first-order chi connectivity index (χ1) is 5.29. The average molecular weight is 148 g/mol. The maximum atomic E-state index is 4.17. The van der Waals surface area contributed by atoms with Gasteiger partial charge in [0.2, 0.25) is 0 Å². The third kappa shape index (κ3) is 2.94. The highest BCUT2D eigenvalue weighted by atomic mass is 14.9. The third-order valence-electron chi connectivity index (χ3n) is 1.15. The van der Waals surface area contributed by atoms with E-state index in [1.165, 1.54) is 0 Å². The lowest BCUT2D eigenvalue weighted by Crippen LogP contribution is -1.85. The fraction of sp³-hybridized carbons (Fsp3) is 0.333. The smallest absolute Gasteiger partial charge is 0.151 e. The molecule has 11 heavy (non-hydrogen) atoms. The van der Waals surface area contributed by atoms with Crippen molar-refractivity contribution >= 4 is 12.0 Å². The molecule has 1 heterocycles. The van der Waals surface area contributed by atoms with Crippen molar-refractivity contribution in [3.63, 3.8) is 0 Å². The van der Waals surface area contributed by atoms with E-state index in [0.29, 0.717) is 5.92 Å². The van der Waals surface area contributed by atoms with Crippen LogP contribution >= 0.6 is 0 Å². The molecule has 0 aliphatic rings. The van der Waals surface area contributed by atoms with Gasteiger partial charge in [0.25, 0.3) is 0 Å². The minimum Gasteiger partial charge on any atom is -0.241 e. The Balaban J connectivity index is 2.65. The van der Waals surface area contributed by atoms with Crippen LogP contribution < -0.4 is 0 Å². The van der Waals surface area contributed by atoms with Crippen molar-refractivity contribution in [2.75, 3.05) is 0 Å². The van der Waals surface area contributed by atoms with E-state index in [9.17, 15) is 0 Å². The molecule has 0 saturated carbocycles. The van der Waals surface area contributed by atoms with Crippen LogP contribution in [0.4, 0.5) is 5.82 Å². The molecule has 0 N–H and O–H groups in total.